The van der Waals surface area contributed by atoms with Crippen LogP contribution in [0.4, 0.5) is 0 Å². The van der Waals surface area contributed by atoms with Gasteiger partial charge in [0.2, 0.25) is 0 Å². The quantitative estimate of drug-likeness (QED) is 0.545. The fourth-order valence-electron chi connectivity index (χ4n) is 0.981. The van der Waals surface area contributed by atoms with Gasteiger partial charge in [0.25, 0.3) is 0 Å². The number of hydrogen-bond donors (Lipinski definition) is 2. The molecule has 0 aliphatic rings. The van der Waals surface area contributed by atoms with Crippen molar-refractivity contribution in [1.29, 1.82) is 0 Å². The number of aliphatic hydroxyl groups excluding tert-OH is 1. The summed E-state index contributed by atoms with van der Waals surface area (Å²) in [5, 5.41) is 8.67. The van der Waals surface area contributed by atoms with E-state index >= 15 is 0 Å². The van der Waals surface area contributed by atoms with Crippen LogP contribution in [0.1, 0.15) is 5.56 Å². The SMILES string of the molecule is NC(CO)Cc1ccccc1.[Cl-].[Cl-].[Zn+2]. The molecule has 0 aliphatic heterocycles. The Morgan fingerprint density at radius 1 is 1.14 bits per heavy atom. The smallest absolute Gasteiger partial charge is 1.00 e. The number of aliphatic hydroxyl groups is 1. The average molecular weight is 288 g/mol. The summed E-state index contributed by atoms with van der Waals surface area (Å²) in [5.74, 6) is 0. The van der Waals surface area contributed by atoms with E-state index in [0.29, 0.717) is 0 Å². The summed E-state index contributed by atoms with van der Waals surface area (Å²) >= 11 is 0. The standard InChI is InChI=1S/C9H13NO.2ClH.Zn/c10-9(7-11)6-8-4-2-1-3-5-8;;;/h1-5,9,11H,6-7,10H2;2*1H;/q;;;+2/p-2. The van der Waals surface area contributed by atoms with Crippen molar-refractivity contribution in [2.75, 3.05) is 6.61 Å². The third-order valence-corrected chi connectivity index (χ3v) is 1.58. The van der Waals surface area contributed by atoms with Crippen molar-refractivity contribution in [3.05, 3.63) is 35.9 Å². The third kappa shape index (κ3) is 7.72. The molecule has 1 unspecified atom stereocenters. The van der Waals surface area contributed by atoms with E-state index in [0.717, 1.165) is 6.42 Å². The Kier molecular flexibility index (Phi) is 16.2. The molecule has 14 heavy (non-hydrogen) atoms. The van der Waals surface area contributed by atoms with Crippen LogP contribution in [0.3, 0.4) is 0 Å². The molecule has 0 radical (unpaired) electrons. The zero-order valence-corrected chi connectivity index (χ0v) is 12.3. The Hall–Kier alpha value is 0.343. The van der Waals surface area contributed by atoms with Crippen molar-refractivity contribution in [3.8, 4) is 0 Å². The third-order valence-electron chi connectivity index (χ3n) is 1.58. The maximum Gasteiger partial charge on any atom is 2.00 e. The van der Waals surface area contributed by atoms with Crippen molar-refractivity contribution in [2.45, 2.75) is 12.5 Å². The molecule has 1 aromatic rings. The Labute approximate surface area is 110 Å². The fourth-order valence-corrected chi connectivity index (χ4v) is 0.981. The molecule has 2 nitrogen and oxygen atoms in total. The second kappa shape index (κ2) is 11.4. The van der Waals surface area contributed by atoms with Gasteiger partial charge in [0.05, 0.1) is 6.61 Å². The number of rotatable bonds is 3. The fraction of sp³-hybridized carbons (Fsp3) is 0.333. The van der Waals surface area contributed by atoms with Crippen LogP contribution in [-0.4, -0.2) is 17.8 Å². The van der Waals surface area contributed by atoms with E-state index < -0.39 is 0 Å². The van der Waals surface area contributed by atoms with E-state index in [9.17, 15) is 0 Å². The second-order valence-corrected chi connectivity index (χ2v) is 2.63. The molecule has 0 amide bonds. The van der Waals surface area contributed by atoms with Crippen molar-refractivity contribution in [1.82, 2.24) is 0 Å². The summed E-state index contributed by atoms with van der Waals surface area (Å²) in [7, 11) is 0. The van der Waals surface area contributed by atoms with Gasteiger partial charge in [0, 0.05) is 6.04 Å². The van der Waals surface area contributed by atoms with Gasteiger partial charge in [-0.25, -0.2) is 0 Å². The van der Waals surface area contributed by atoms with Gasteiger partial charge < -0.3 is 35.7 Å². The number of hydrogen-bond acceptors (Lipinski definition) is 2. The second-order valence-electron chi connectivity index (χ2n) is 2.63. The summed E-state index contributed by atoms with van der Waals surface area (Å²) in [4.78, 5) is 0. The summed E-state index contributed by atoms with van der Waals surface area (Å²) in [6.45, 7) is 0.0505. The van der Waals surface area contributed by atoms with Gasteiger partial charge in [0.1, 0.15) is 0 Å². The van der Waals surface area contributed by atoms with Crippen molar-refractivity contribution in [3.63, 3.8) is 0 Å². The normalized spacial score (nSPS) is 10.1. The van der Waals surface area contributed by atoms with E-state index in [2.05, 4.69) is 0 Å². The van der Waals surface area contributed by atoms with Crippen LogP contribution in [0.15, 0.2) is 30.3 Å². The molecule has 0 spiro atoms. The van der Waals surface area contributed by atoms with E-state index in [1.807, 2.05) is 30.3 Å². The van der Waals surface area contributed by atoms with Gasteiger partial charge in [-0.05, 0) is 12.0 Å². The minimum Gasteiger partial charge on any atom is -1.00 e. The van der Waals surface area contributed by atoms with E-state index in [4.69, 9.17) is 10.8 Å². The molecule has 1 rings (SSSR count). The van der Waals surface area contributed by atoms with E-state index in [-0.39, 0.29) is 56.9 Å². The van der Waals surface area contributed by atoms with Gasteiger partial charge in [-0.1, -0.05) is 30.3 Å². The molecule has 76 valence electrons. The Morgan fingerprint density at radius 3 is 2.07 bits per heavy atom. The predicted molar refractivity (Wildman–Crippen MR) is 45.2 cm³/mol. The molecular formula is C9H13Cl2NOZn. The van der Waals surface area contributed by atoms with Crippen molar-refractivity contribution in [2.24, 2.45) is 5.73 Å². The van der Waals surface area contributed by atoms with E-state index in [1.165, 1.54) is 5.56 Å². The molecule has 0 aliphatic carbocycles. The minimum atomic E-state index is -0.127. The van der Waals surface area contributed by atoms with Gasteiger partial charge in [0.15, 0.2) is 0 Å². The molecule has 1 aromatic carbocycles. The van der Waals surface area contributed by atoms with Crippen molar-refractivity contribution < 1.29 is 49.4 Å². The first-order valence-corrected chi connectivity index (χ1v) is 3.73. The van der Waals surface area contributed by atoms with Gasteiger partial charge in [-0.2, -0.15) is 0 Å². The average Bonchev–Trinajstić information content (AvgIpc) is 2.06. The molecule has 0 fully saturated rings. The van der Waals surface area contributed by atoms with Crippen LogP contribution >= 0.6 is 0 Å². The molecule has 0 bridgehead atoms. The maximum absolute atomic E-state index is 8.67. The largest absolute Gasteiger partial charge is 2.00 e. The topological polar surface area (TPSA) is 46.2 Å². The first kappa shape index (κ1) is 19.8. The minimum absolute atomic E-state index is 0. The van der Waals surface area contributed by atoms with Gasteiger partial charge in [-0.15, -0.1) is 0 Å². The summed E-state index contributed by atoms with van der Waals surface area (Å²) in [5.41, 5.74) is 6.73. The number of nitrogens with two attached hydrogens (primary N) is 1. The Morgan fingerprint density at radius 2 is 1.64 bits per heavy atom. The maximum atomic E-state index is 8.67. The van der Waals surface area contributed by atoms with Crippen LogP contribution in [0.2, 0.25) is 0 Å². The zero-order chi connectivity index (χ0) is 8.10. The summed E-state index contributed by atoms with van der Waals surface area (Å²) in [6.07, 6.45) is 0.747. The van der Waals surface area contributed by atoms with Crippen LogP contribution in [0.5, 0.6) is 0 Å². The molecular weight excluding hydrogens is 274 g/mol. The number of halogens is 2. The Balaban J connectivity index is -0.000000403. The molecule has 1 atom stereocenters. The molecule has 0 saturated heterocycles. The van der Waals surface area contributed by atoms with Crippen LogP contribution in [0, 0.1) is 0 Å². The monoisotopic (exact) mass is 285 g/mol. The van der Waals surface area contributed by atoms with Crippen LogP contribution < -0.4 is 30.5 Å². The van der Waals surface area contributed by atoms with Gasteiger partial charge >= 0.3 is 19.5 Å². The molecule has 0 aromatic heterocycles. The molecule has 0 heterocycles. The first-order valence-electron chi connectivity index (χ1n) is 3.73. The van der Waals surface area contributed by atoms with Gasteiger partial charge in [-0.3, -0.25) is 0 Å². The molecule has 5 heteroatoms. The summed E-state index contributed by atoms with van der Waals surface area (Å²) in [6, 6.07) is 9.80. The molecule has 0 saturated carbocycles. The predicted octanol–water partition coefficient (Wildman–Crippen LogP) is -5.45. The number of benzene rings is 1. The van der Waals surface area contributed by atoms with E-state index in [1.54, 1.807) is 0 Å². The Bertz CT molecular complexity index is 211. The molecule has 3 N–H and O–H groups in total. The van der Waals surface area contributed by atoms with Crippen LogP contribution in [-0.2, 0) is 25.9 Å². The first-order chi connectivity index (χ1) is 5.33. The van der Waals surface area contributed by atoms with Crippen molar-refractivity contribution >= 4 is 0 Å². The summed E-state index contributed by atoms with van der Waals surface area (Å²) < 4.78 is 0. The zero-order valence-electron chi connectivity index (χ0n) is 7.87. The van der Waals surface area contributed by atoms with Crippen LogP contribution in [0.25, 0.3) is 0 Å².